The van der Waals surface area contributed by atoms with Crippen molar-refractivity contribution >= 4 is 12.0 Å². The summed E-state index contributed by atoms with van der Waals surface area (Å²) in [6.07, 6.45) is 14.7. The van der Waals surface area contributed by atoms with Crippen LogP contribution in [0.25, 0.3) is 6.08 Å². The van der Waals surface area contributed by atoms with Crippen LogP contribution in [0.2, 0.25) is 0 Å². The van der Waals surface area contributed by atoms with E-state index in [1.165, 1.54) is 6.08 Å². The first kappa shape index (κ1) is 32.8. The molecule has 0 bridgehead atoms. The highest BCUT2D eigenvalue weighted by atomic mass is 16.5. The number of allylic oxidation sites excluding steroid dienone is 2. The Kier molecular flexibility index (Phi) is 8.39. The summed E-state index contributed by atoms with van der Waals surface area (Å²) < 4.78 is 5.87. The van der Waals surface area contributed by atoms with Crippen LogP contribution < -0.4 is 0 Å². The summed E-state index contributed by atoms with van der Waals surface area (Å²) in [5.41, 5.74) is 1.63. The molecule has 0 amide bonds. The molecule has 0 heterocycles. The number of phenols is 1. The fraction of sp³-hybridized carbons (Fsp3) is 0.718. The number of aliphatic hydroxyl groups is 3. The van der Waals surface area contributed by atoms with Crippen LogP contribution in [0.5, 0.6) is 5.75 Å². The molecule has 1 aromatic carbocycles. The lowest BCUT2D eigenvalue weighted by Gasteiger charge is -2.63. The summed E-state index contributed by atoms with van der Waals surface area (Å²) in [6.45, 7) is 11.9. The third-order valence-corrected chi connectivity index (χ3v) is 14.6. The fourth-order valence-corrected chi connectivity index (χ4v) is 12.0. The van der Waals surface area contributed by atoms with Gasteiger partial charge in [0.15, 0.2) is 0 Å². The summed E-state index contributed by atoms with van der Waals surface area (Å²) >= 11 is 0. The topological polar surface area (TPSA) is 107 Å². The molecule has 248 valence electrons. The van der Waals surface area contributed by atoms with E-state index < -0.39 is 29.0 Å². The van der Waals surface area contributed by atoms with Gasteiger partial charge in [0.2, 0.25) is 0 Å². The van der Waals surface area contributed by atoms with Gasteiger partial charge in [-0.2, -0.15) is 0 Å². The van der Waals surface area contributed by atoms with Crippen molar-refractivity contribution in [3.63, 3.8) is 0 Å². The summed E-state index contributed by atoms with van der Waals surface area (Å²) in [5, 5.41) is 42.5. The molecule has 45 heavy (non-hydrogen) atoms. The second kappa shape index (κ2) is 11.5. The van der Waals surface area contributed by atoms with Crippen LogP contribution in [-0.2, 0) is 9.53 Å². The molecule has 0 aromatic heterocycles. The number of carbonyl (C=O) groups is 1. The first-order chi connectivity index (χ1) is 21.2. The van der Waals surface area contributed by atoms with Crippen molar-refractivity contribution in [2.75, 3.05) is 13.2 Å². The van der Waals surface area contributed by atoms with Crippen LogP contribution in [0.3, 0.4) is 0 Å². The summed E-state index contributed by atoms with van der Waals surface area (Å²) in [5.74, 6) is 1.26. The number of hydrogen-bond acceptors (Lipinski definition) is 6. The van der Waals surface area contributed by atoms with E-state index in [4.69, 9.17) is 4.74 Å². The summed E-state index contributed by atoms with van der Waals surface area (Å²) in [4.78, 5) is 12.8. The molecular formula is C39H56O6. The quantitative estimate of drug-likeness (QED) is 0.160. The molecule has 0 saturated heterocycles. The van der Waals surface area contributed by atoms with Gasteiger partial charge in [0.05, 0.1) is 25.4 Å². The highest BCUT2D eigenvalue weighted by molar-refractivity contribution is 5.87. The SMILES string of the molecule is C[C@]12CC[C@H](O)[C@](C)(CO)[C@@H]1CC[C@@]1(C)C=C3CC[C@H]4[C@](C)(COC(=O)/C=C/c5ccc(O)cc5)[C@@H](O)CC[C@]4(C)[C@H]3CC[C@H]21. The van der Waals surface area contributed by atoms with Gasteiger partial charge >= 0.3 is 5.97 Å². The number of hydrogen-bond donors (Lipinski definition) is 4. The zero-order valence-electron chi connectivity index (χ0n) is 28.1. The van der Waals surface area contributed by atoms with E-state index in [9.17, 15) is 25.2 Å². The van der Waals surface area contributed by atoms with Crippen molar-refractivity contribution < 1.29 is 30.0 Å². The van der Waals surface area contributed by atoms with Crippen molar-refractivity contribution in [3.05, 3.63) is 47.6 Å². The predicted molar refractivity (Wildman–Crippen MR) is 176 cm³/mol. The lowest BCUT2D eigenvalue weighted by Crippen LogP contribution is -2.60. The van der Waals surface area contributed by atoms with Crippen LogP contribution in [0, 0.1) is 50.7 Å². The van der Waals surface area contributed by atoms with Crippen LogP contribution in [0.15, 0.2) is 42.0 Å². The number of aliphatic hydroxyl groups excluding tert-OH is 3. The van der Waals surface area contributed by atoms with Crippen molar-refractivity contribution in [1.29, 1.82) is 0 Å². The molecule has 0 unspecified atom stereocenters. The predicted octanol–water partition coefficient (Wildman–Crippen LogP) is 7.05. The Morgan fingerprint density at radius 3 is 2.16 bits per heavy atom. The first-order valence-corrected chi connectivity index (χ1v) is 17.5. The minimum Gasteiger partial charge on any atom is -0.508 e. The van der Waals surface area contributed by atoms with E-state index in [2.05, 4.69) is 40.7 Å². The first-order valence-electron chi connectivity index (χ1n) is 17.5. The van der Waals surface area contributed by atoms with Crippen LogP contribution in [0.4, 0.5) is 0 Å². The second-order valence-corrected chi connectivity index (χ2v) is 16.9. The number of ether oxygens (including phenoxy) is 1. The number of esters is 1. The molecule has 6 nitrogen and oxygen atoms in total. The van der Waals surface area contributed by atoms with Crippen molar-refractivity contribution in [3.8, 4) is 5.75 Å². The Balaban J connectivity index is 1.23. The molecule has 11 atom stereocenters. The number of benzene rings is 1. The van der Waals surface area contributed by atoms with E-state index in [1.54, 1.807) is 35.9 Å². The van der Waals surface area contributed by atoms with E-state index in [0.29, 0.717) is 24.2 Å². The van der Waals surface area contributed by atoms with Gasteiger partial charge in [0, 0.05) is 16.9 Å². The smallest absolute Gasteiger partial charge is 0.330 e. The normalized spacial score (nSPS) is 46.2. The average Bonchev–Trinajstić information content (AvgIpc) is 3.17. The molecule has 0 spiro atoms. The van der Waals surface area contributed by atoms with Gasteiger partial charge in [-0.15, -0.1) is 0 Å². The summed E-state index contributed by atoms with van der Waals surface area (Å²) in [6, 6.07) is 6.67. The lowest BCUT2D eigenvalue weighted by molar-refractivity contribution is -0.184. The van der Waals surface area contributed by atoms with E-state index in [0.717, 1.165) is 63.4 Å². The Morgan fingerprint density at radius 2 is 1.47 bits per heavy atom. The van der Waals surface area contributed by atoms with Crippen molar-refractivity contribution in [2.45, 2.75) is 111 Å². The maximum absolute atomic E-state index is 12.8. The van der Waals surface area contributed by atoms with E-state index in [-0.39, 0.29) is 41.1 Å². The molecule has 4 saturated carbocycles. The minimum absolute atomic E-state index is 0.0128. The zero-order valence-corrected chi connectivity index (χ0v) is 28.1. The molecule has 5 aliphatic carbocycles. The maximum atomic E-state index is 12.8. The van der Waals surface area contributed by atoms with Gasteiger partial charge in [-0.3, -0.25) is 0 Å². The molecule has 6 heteroatoms. The minimum atomic E-state index is -0.525. The molecular weight excluding hydrogens is 564 g/mol. The van der Waals surface area contributed by atoms with Gasteiger partial charge in [-0.25, -0.2) is 4.79 Å². The van der Waals surface area contributed by atoms with Gasteiger partial charge in [-0.05, 0) is 128 Å². The van der Waals surface area contributed by atoms with E-state index in [1.807, 2.05) is 0 Å². The number of aromatic hydroxyl groups is 1. The van der Waals surface area contributed by atoms with Crippen LogP contribution >= 0.6 is 0 Å². The highest BCUT2D eigenvalue weighted by Gasteiger charge is 2.64. The zero-order chi connectivity index (χ0) is 32.4. The third kappa shape index (κ3) is 5.22. The highest BCUT2D eigenvalue weighted by Crippen LogP contribution is 2.69. The largest absolute Gasteiger partial charge is 0.508 e. The third-order valence-electron chi connectivity index (χ3n) is 14.6. The number of carbonyl (C=O) groups excluding carboxylic acids is 1. The number of rotatable bonds is 5. The maximum Gasteiger partial charge on any atom is 0.330 e. The average molecular weight is 621 g/mol. The Bertz CT molecular complexity index is 1340. The summed E-state index contributed by atoms with van der Waals surface area (Å²) in [7, 11) is 0. The van der Waals surface area contributed by atoms with Gasteiger partial charge < -0.3 is 25.2 Å². The van der Waals surface area contributed by atoms with Crippen molar-refractivity contribution in [2.24, 2.45) is 50.7 Å². The van der Waals surface area contributed by atoms with Gasteiger partial charge in [0.1, 0.15) is 5.75 Å². The van der Waals surface area contributed by atoms with Gasteiger partial charge in [-0.1, -0.05) is 58.4 Å². The fourth-order valence-electron chi connectivity index (χ4n) is 12.0. The Labute approximate surface area is 270 Å². The Morgan fingerprint density at radius 1 is 0.822 bits per heavy atom. The monoisotopic (exact) mass is 620 g/mol. The number of fused-ring (bicyclic) bond motifs is 6. The molecule has 6 rings (SSSR count). The molecule has 1 aromatic rings. The molecule has 4 fully saturated rings. The Hall–Kier alpha value is -2.15. The second-order valence-electron chi connectivity index (χ2n) is 16.9. The van der Waals surface area contributed by atoms with E-state index >= 15 is 0 Å². The van der Waals surface area contributed by atoms with Crippen molar-refractivity contribution in [1.82, 2.24) is 0 Å². The molecule has 0 radical (unpaired) electrons. The molecule has 0 aliphatic heterocycles. The van der Waals surface area contributed by atoms with Crippen LogP contribution in [-0.4, -0.2) is 51.8 Å². The molecule has 4 N–H and O–H groups in total. The number of phenolic OH excluding ortho intramolecular Hbond substituents is 1. The standard InChI is InChI=1S/C39H56O6/c1-35-19-16-31-37(3,21-18-32(42)38(31,4)23-40)29(35)14-12-28-26(22-35)9-13-30-36(28,2)20-17-33(43)39(30,5)24-45-34(44)15-8-25-6-10-27(41)11-7-25/h6-8,10-11,15,22,28-33,40-43H,9,12-14,16-21,23-24H2,1-5H3/b15-8+/t28-,29-,30+,31+,32-,33-,35-,36+,37+,38+,39-/m0/s1. The van der Waals surface area contributed by atoms with Crippen LogP contribution in [0.1, 0.15) is 104 Å². The molecule has 5 aliphatic rings. The van der Waals surface area contributed by atoms with Gasteiger partial charge in [0.25, 0.3) is 0 Å². The lowest BCUT2D eigenvalue weighted by atomic mass is 9.42.